The molecule has 1 N–H and O–H groups in total. The molecular formula is C11H14O3. The van der Waals surface area contributed by atoms with Gasteiger partial charge in [0, 0.05) is 6.42 Å². The van der Waals surface area contributed by atoms with Gasteiger partial charge < -0.3 is 9.52 Å². The van der Waals surface area contributed by atoms with Crippen LogP contribution in [0.4, 0.5) is 0 Å². The minimum atomic E-state index is -0.752. The minimum absolute atomic E-state index is 0.167. The Bertz CT molecular complexity index is 302. The van der Waals surface area contributed by atoms with Crippen molar-refractivity contribution in [2.75, 3.05) is 0 Å². The maximum Gasteiger partial charge on any atom is 0.139 e. The molecule has 1 saturated carbocycles. The van der Waals surface area contributed by atoms with Gasteiger partial charge in [-0.2, -0.15) is 0 Å². The highest BCUT2D eigenvalue weighted by Gasteiger charge is 2.31. The number of aliphatic hydroxyl groups is 1. The quantitative estimate of drug-likeness (QED) is 0.784. The fraction of sp³-hybridized carbons (Fsp3) is 0.545. The zero-order valence-corrected chi connectivity index (χ0v) is 7.98. The second-order valence-electron chi connectivity index (χ2n) is 3.78. The maximum absolute atomic E-state index is 11.5. The van der Waals surface area contributed by atoms with Crippen LogP contribution < -0.4 is 0 Å². The first kappa shape index (κ1) is 9.46. The molecule has 1 aliphatic rings. The molecule has 0 radical (unpaired) electrons. The van der Waals surface area contributed by atoms with E-state index in [-0.39, 0.29) is 11.7 Å². The fourth-order valence-corrected chi connectivity index (χ4v) is 2.00. The highest BCUT2D eigenvalue weighted by atomic mass is 16.4. The highest BCUT2D eigenvalue weighted by molar-refractivity contribution is 5.82. The lowest BCUT2D eigenvalue weighted by Crippen LogP contribution is -2.25. The molecule has 1 aromatic heterocycles. The molecule has 0 spiro atoms. The van der Waals surface area contributed by atoms with Crippen LogP contribution in [0, 0.1) is 5.92 Å². The van der Waals surface area contributed by atoms with E-state index in [1.54, 1.807) is 12.1 Å². The summed E-state index contributed by atoms with van der Waals surface area (Å²) in [5, 5.41) is 9.89. The Morgan fingerprint density at radius 3 is 3.00 bits per heavy atom. The molecule has 1 heterocycles. The van der Waals surface area contributed by atoms with Crippen molar-refractivity contribution in [3.8, 4) is 0 Å². The van der Waals surface area contributed by atoms with Crippen molar-refractivity contribution in [1.82, 2.24) is 0 Å². The van der Waals surface area contributed by atoms with Crippen LogP contribution in [0.15, 0.2) is 22.8 Å². The SMILES string of the molecule is O=C1CCCCC1[C@@H](O)c1ccco1. The second kappa shape index (κ2) is 3.96. The summed E-state index contributed by atoms with van der Waals surface area (Å²) in [6.45, 7) is 0. The number of aliphatic hydroxyl groups excluding tert-OH is 1. The molecule has 76 valence electrons. The Kier molecular flexibility index (Phi) is 2.68. The molecule has 2 rings (SSSR count). The van der Waals surface area contributed by atoms with E-state index in [1.165, 1.54) is 6.26 Å². The summed E-state index contributed by atoms with van der Waals surface area (Å²) in [7, 11) is 0. The molecule has 0 aliphatic heterocycles. The Hall–Kier alpha value is -1.09. The van der Waals surface area contributed by atoms with Crippen molar-refractivity contribution < 1.29 is 14.3 Å². The first-order valence-electron chi connectivity index (χ1n) is 5.03. The lowest BCUT2D eigenvalue weighted by molar-refractivity contribution is -0.129. The van der Waals surface area contributed by atoms with Crippen molar-refractivity contribution >= 4 is 5.78 Å². The van der Waals surface area contributed by atoms with Crippen LogP contribution in [0.25, 0.3) is 0 Å². The monoisotopic (exact) mass is 194 g/mol. The third kappa shape index (κ3) is 1.73. The number of furan rings is 1. The summed E-state index contributed by atoms with van der Waals surface area (Å²) < 4.78 is 5.09. The normalized spacial score (nSPS) is 24.9. The van der Waals surface area contributed by atoms with Gasteiger partial charge in [-0.15, -0.1) is 0 Å². The summed E-state index contributed by atoms with van der Waals surface area (Å²) >= 11 is 0. The third-order valence-corrected chi connectivity index (χ3v) is 2.82. The van der Waals surface area contributed by atoms with Gasteiger partial charge in [0.1, 0.15) is 17.6 Å². The lowest BCUT2D eigenvalue weighted by atomic mass is 9.83. The molecule has 3 heteroatoms. The van der Waals surface area contributed by atoms with E-state index in [1.807, 2.05) is 0 Å². The summed E-state index contributed by atoms with van der Waals surface area (Å²) in [4.78, 5) is 11.5. The van der Waals surface area contributed by atoms with Gasteiger partial charge >= 0.3 is 0 Å². The number of hydrogen-bond donors (Lipinski definition) is 1. The molecule has 0 bridgehead atoms. The van der Waals surface area contributed by atoms with Gasteiger partial charge in [-0.3, -0.25) is 4.79 Å². The van der Waals surface area contributed by atoms with Gasteiger partial charge in [-0.1, -0.05) is 6.42 Å². The summed E-state index contributed by atoms with van der Waals surface area (Å²) in [5.41, 5.74) is 0. The Balaban J connectivity index is 2.10. The molecule has 0 aromatic carbocycles. The van der Waals surface area contributed by atoms with Crippen LogP contribution in [0.5, 0.6) is 0 Å². The topological polar surface area (TPSA) is 50.4 Å². The molecule has 3 nitrogen and oxygen atoms in total. The van der Waals surface area contributed by atoms with E-state index in [4.69, 9.17) is 4.42 Å². The maximum atomic E-state index is 11.5. The molecule has 14 heavy (non-hydrogen) atoms. The number of carbonyl (C=O) groups is 1. The Morgan fingerprint density at radius 2 is 2.36 bits per heavy atom. The number of carbonyl (C=O) groups excluding carboxylic acids is 1. The van der Waals surface area contributed by atoms with Crippen LogP contribution in [-0.2, 0) is 4.79 Å². The van der Waals surface area contributed by atoms with E-state index >= 15 is 0 Å². The van der Waals surface area contributed by atoms with Crippen molar-refractivity contribution in [1.29, 1.82) is 0 Å². The van der Waals surface area contributed by atoms with Crippen LogP contribution in [0.3, 0.4) is 0 Å². The molecule has 1 unspecified atom stereocenters. The zero-order chi connectivity index (χ0) is 9.97. The summed E-state index contributed by atoms with van der Waals surface area (Å²) in [6.07, 6.45) is 4.13. The first-order chi connectivity index (χ1) is 6.79. The van der Waals surface area contributed by atoms with Crippen LogP contribution in [-0.4, -0.2) is 10.9 Å². The summed E-state index contributed by atoms with van der Waals surface area (Å²) in [5.74, 6) is 0.417. The number of hydrogen-bond acceptors (Lipinski definition) is 3. The van der Waals surface area contributed by atoms with Gasteiger partial charge in [0.15, 0.2) is 0 Å². The Labute approximate surface area is 82.7 Å². The van der Waals surface area contributed by atoms with Crippen molar-refractivity contribution in [2.45, 2.75) is 31.8 Å². The molecule has 0 amide bonds. The van der Waals surface area contributed by atoms with Gasteiger partial charge in [-0.25, -0.2) is 0 Å². The van der Waals surface area contributed by atoms with Crippen molar-refractivity contribution in [3.63, 3.8) is 0 Å². The first-order valence-corrected chi connectivity index (χ1v) is 5.03. The third-order valence-electron chi connectivity index (χ3n) is 2.82. The van der Waals surface area contributed by atoms with Gasteiger partial charge in [-0.05, 0) is 25.0 Å². The molecule has 1 fully saturated rings. The van der Waals surface area contributed by atoms with Crippen LogP contribution >= 0.6 is 0 Å². The van der Waals surface area contributed by atoms with E-state index in [0.717, 1.165) is 19.3 Å². The summed E-state index contributed by atoms with van der Waals surface area (Å²) in [6, 6.07) is 3.44. The van der Waals surface area contributed by atoms with Gasteiger partial charge in [0.25, 0.3) is 0 Å². The van der Waals surface area contributed by atoms with E-state index in [9.17, 15) is 9.90 Å². The lowest BCUT2D eigenvalue weighted by Gasteiger charge is -2.23. The highest BCUT2D eigenvalue weighted by Crippen LogP contribution is 2.32. The molecule has 1 aliphatic carbocycles. The van der Waals surface area contributed by atoms with Crippen molar-refractivity contribution in [2.24, 2.45) is 5.92 Å². The van der Waals surface area contributed by atoms with Gasteiger partial charge in [0.05, 0.1) is 12.2 Å². The number of Topliss-reactive ketones (excluding diaryl/α,β-unsaturated/α-hetero) is 1. The van der Waals surface area contributed by atoms with Gasteiger partial charge in [0.2, 0.25) is 0 Å². The number of ketones is 1. The molecule has 1 aromatic rings. The minimum Gasteiger partial charge on any atom is -0.467 e. The average Bonchev–Trinajstić information content (AvgIpc) is 2.70. The van der Waals surface area contributed by atoms with E-state index < -0.39 is 6.10 Å². The van der Waals surface area contributed by atoms with E-state index in [2.05, 4.69) is 0 Å². The number of rotatable bonds is 2. The predicted octanol–water partition coefficient (Wildman–Crippen LogP) is 2.07. The average molecular weight is 194 g/mol. The van der Waals surface area contributed by atoms with Crippen LogP contribution in [0.1, 0.15) is 37.5 Å². The Morgan fingerprint density at radius 1 is 1.50 bits per heavy atom. The van der Waals surface area contributed by atoms with Crippen LogP contribution in [0.2, 0.25) is 0 Å². The fourth-order valence-electron chi connectivity index (χ4n) is 2.00. The van der Waals surface area contributed by atoms with Crippen molar-refractivity contribution in [3.05, 3.63) is 24.2 Å². The smallest absolute Gasteiger partial charge is 0.139 e. The molecule has 0 saturated heterocycles. The zero-order valence-electron chi connectivity index (χ0n) is 7.98. The second-order valence-corrected chi connectivity index (χ2v) is 3.78. The molecular weight excluding hydrogens is 180 g/mol. The predicted molar refractivity (Wildman–Crippen MR) is 50.6 cm³/mol. The molecule has 2 atom stereocenters. The van der Waals surface area contributed by atoms with E-state index in [0.29, 0.717) is 12.2 Å². The largest absolute Gasteiger partial charge is 0.467 e. The standard InChI is InChI=1S/C11H14O3/c12-9-5-2-1-4-8(9)11(13)10-6-3-7-14-10/h3,6-8,11,13H,1-2,4-5H2/t8?,11-/m1/s1.